The van der Waals surface area contributed by atoms with Crippen LogP contribution in [0, 0.1) is 23.2 Å². The smallest absolute Gasteiger partial charge is 0.135 e. The van der Waals surface area contributed by atoms with Crippen molar-refractivity contribution >= 4 is 17.4 Å². The van der Waals surface area contributed by atoms with E-state index in [-0.39, 0.29) is 16.7 Å². The Labute approximate surface area is 117 Å². The molecule has 0 aromatic carbocycles. The summed E-state index contributed by atoms with van der Waals surface area (Å²) >= 11 is 6.40. The average Bonchev–Trinajstić information content (AvgIpc) is 2.31. The highest BCUT2D eigenvalue weighted by atomic mass is 35.5. The van der Waals surface area contributed by atoms with Crippen LogP contribution in [0.2, 0.25) is 0 Å². The van der Waals surface area contributed by atoms with Gasteiger partial charge in [0.15, 0.2) is 0 Å². The van der Waals surface area contributed by atoms with Crippen LogP contribution in [0.1, 0.15) is 53.9 Å². The summed E-state index contributed by atoms with van der Waals surface area (Å²) in [4.78, 5) is 11.8. The Morgan fingerprint density at radius 3 is 2.61 bits per heavy atom. The fourth-order valence-electron chi connectivity index (χ4n) is 3.09. The van der Waals surface area contributed by atoms with Gasteiger partial charge in [-0.15, -0.1) is 11.6 Å². The summed E-state index contributed by atoms with van der Waals surface area (Å²) in [6.45, 7) is 15.0. The molecule has 1 nitrogen and oxygen atoms in total. The zero-order valence-corrected chi connectivity index (χ0v) is 13.2. The minimum atomic E-state index is 0.0713. The zero-order valence-electron chi connectivity index (χ0n) is 12.4. The summed E-state index contributed by atoms with van der Waals surface area (Å²) in [5, 5.41) is 0.0713. The van der Waals surface area contributed by atoms with Gasteiger partial charge < -0.3 is 0 Å². The second kappa shape index (κ2) is 5.77. The summed E-state index contributed by atoms with van der Waals surface area (Å²) in [6.07, 6.45) is 2.52. The summed E-state index contributed by atoms with van der Waals surface area (Å²) in [7, 11) is 0. The molecular weight excluding hydrogens is 244 g/mol. The molecule has 0 aromatic heterocycles. The maximum absolute atomic E-state index is 11.8. The summed E-state index contributed by atoms with van der Waals surface area (Å²) in [5.41, 5.74) is 1.32. The molecule has 1 fully saturated rings. The molecule has 1 rings (SSSR count). The van der Waals surface area contributed by atoms with Crippen LogP contribution in [0.4, 0.5) is 0 Å². The lowest BCUT2D eigenvalue weighted by molar-refractivity contribution is -0.122. The van der Waals surface area contributed by atoms with Gasteiger partial charge in [0.2, 0.25) is 0 Å². The second-order valence-electron chi connectivity index (χ2n) is 6.51. The standard InChI is InChI=1S/C16H27ClO/c1-7-15(18)10(2)8-13-12(4)14(17)9-11(3)16(13,5)6/h10-11,13-14H,4,7-9H2,1-3,5-6H3. The van der Waals surface area contributed by atoms with Crippen LogP contribution in [0.5, 0.6) is 0 Å². The van der Waals surface area contributed by atoms with E-state index in [9.17, 15) is 4.79 Å². The molecule has 0 aromatic rings. The van der Waals surface area contributed by atoms with Crippen molar-refractivity contribution in [3.63, 3.8) is 0 Å². The highest BCUT2D eigenvalue weighted by Crippen LogP contribution is 2.50. The average molecular weight is 271 g/mol. The number of allylic oxidation sites excluding steroid dienone is 1. The molecular formula is C16H27ClO. The van der Waals surface area contributed by atoms with Crippen molar-refractivity contribution in [3.8, 4) is 0 Å². The lowest BCUT2D eigenvalue weighted by Gasteiger charge is -2.48. The maximum atomic E-state index is 11.8. The van der Waals surface area contributed by atoms with Gasteiger partial charge >= 0.3 is 0 Å². The van der Waals surface area contributed by atoms with Gasteiger partial charge in [0, 0.05) is 12.3 Å². The third-order valence-corrected chi connectivity index (χ3v) is 5.52. The first kappa shape index (κ1) is 15.8. The highest BCUT2D eigenvalue weighted by Gasteiger charge is 2.43. The molecule has 2 heteroatoms. The second-order valence-corrected chi connectivity index (χ2v) is 7.04. The number of carbonyl (C=O) groups is 1. The number of Topliss-reactive ketones (excluding diaryl/α,β-unsaturated/α-hetero) is 1. The maximum Gasteiger partial charge on any atom is 0.135 e. The van der Waals surface area contributed by atoms with E-state index in [4.69, 9.17) is 11.6 Å². The molecule has 18 heavy (non-hydrogen) atoms. The van der Waals surface area contributed by atoms with E-state index in [1.54, 1.807) is 0 Å². The van der Waals surface area contributed by atoms with Gasteiger partial charge in [0.05, 0.1) is 5.38 Å². The van der Waals surface area contributed by atoms with Gasteiger partial charge in [-0.1, -0.05) is 46.8 Å². The number of hydrogen-bond donors (Lipinski definition) is 0. The molecule has 0 N–H and O–H groups in total. The van der Waals surface area contributed by atoms with E-state index >= 15 is 0 Å². The van der Waals surface area contributed by atoms with E-state index in [1.807, 2.05) is 13.8 Å². The van der Waals surface area contributed by atoms with Gasteiger partial charge in [-0.3, -0.25) is 4.79 Å². The fourth-order valence-corrected chi connectivity index (χ4v) is 3.51. The molecule has 0 heterocycles. The first-order valence-corrected chi connectivity index (χ1v) is 7.50. The molecule has 1 saturated carbocycles. The van der Waals surface area contributed by atoms with Gasteiger partial charge in [-0.05, 0) is 30.1 Å². The van der Waals surface area contributed by atoms with Crippen LogP contribution in [0.25, 0.3) is 0 Å². The quantitative estimate of drug-likeness (QED) is 0.528. The summed E-state index contributed by atoms with van der Waals surface area (Å²) < 4.78 is 0. The summed E-state index contributed by atoms with van der Waals surface area (Å²) in [6, 6.07) is 0. The SMILES string of the molecule is C=C1C(Cl)CC(C)C(C)(C)C1CC(C)C(=O)CC. The van der Waals surface area contributed by atoms with Crippen LogP contribution >= 0.6 is 11.6 Å². The molecule has 0 radical (unpaired) electrons. The number of ketones is 1. The van der Waals surface area contributed by atoms with Crippen molar-refractivity contribution in [1.29, 1.82) is 0 Å². The minimum absolute atomic E-state index is 0.0713. The normalized spacial score (nSPS) is 33.2. The molecule has 1 aliphatic carbocycles. The lowest BCUT2D eigenvalue weighted by atomic mass is 9.59. The van der Waals surface area contributed by atoms with Crippen LogP contribution < -0.4 is 0 Å². The number of halogens is 1. The van der Waals surface area contributed by atoms with Crippen molar-refractivity contribution in [2.75, 3.05) is 0 Å². The van der Waals surface area contributed by atoms with E-state index in [0.29, 0.717) is 24.0 Å². The van der Waals surface area contributed by atoms with Crippen molar-refractivity contribution in [2.24, 2.45) is 23.2 Å². The zero-order chi connectivity index (χ0) is 14.1. The van der Waals surface area contributed by atoms with Gasteiger partial charge in [0.1, 0.15) is 5.78 Å². The number of alkyl halides is 1. The van der Waals surface area contributed by atoms with Gasteiger partial charge in [0.25, 0.3) is 0 Å². The lowest BCUT2D eigenvalue weighted by Crippen LogP contribution is -2.41. The monoisotopic (exact) mass is 270 g/mol. The Balaban J connectivity index is 2.88. The number of rotatable bonds is 4. The molecule has 4 atom stereocenters. The Kier molecular flexibility index (Phi) is 5.05. The van der Waals surface area contributed by atoms with E-state index < -0.39 is 0 Å². The molecule has 0 amide bonds. The molecule has 0 aliphatic heterocycles. The number of hydrogen-bond acceptors (Lipinski definition) is 1. The van der Waals surface area contributed by atoms with Crippen molar-refractivity contribution in [3.05, 3.63) is 12.2 Å². The van der Waals surface area contributed by atoms with E-state index in [1.165, 1.54) is 0 Å². The van der Waals surface area contributed by atoms with Crippen LogP contribution in [0.15, 0.2) is 12.2 Å². The molecule has 104 valence electrons. The Hall–Kier alpha value is -0.300. The van der Waals surface area contributed by atoms with Crippen LogP contribution in [-0.4, -0.2) is 11.2 Å². The molecule has 1 aliphatic rings. The molecule has 0 bridgehead atoms. The Bertz CT molecular complexity index is 332. The number of carbonyl (C=O) groups excluding carboxylic acids is 1. The van der Waals surface area contributed by atoms with E-state index in [0.717, 1.165) is 18.4 Å². The molecule has 0 saturated heterocycles. The first-order valence-electron chi connectivity index (χ1n) is 7.07. The minimum Gasteiger partial charge on any atom is -0.299 e. The third kappa shape index (κ3) is 2.99. The van der Waals surface area contributed by atoms with Crippen molar-refractivity contribution in [1.82, 2.24) is 0 Å². The predicted octanol–water partition coefficient (Wildman–Crippen LogP) is 4.84. The summed E-state index contributed by atoms with van der Waals surface area (Å²) in [5.74, 6) is 1.39. The highest BCUT2D eigenvalue weighted by molar-refractivity contribution is 6.22. The van der Waals surface area contributed by atoms with Crippen molar-refractivity contribution < 1.29 is 4.79 Å². The molecule has 0 spiro atoms. The Morgan fingerprint density at radius 1 is 1.56 bits per heavy atom. The van der Waals surface area contributed by atoms with Gasteiger partial charge in [-0.25, -0.2) is 0 Å². The van der Waals surface area contributed by atoms with E-state index in [2.05, 4.69) is 27.4 Å². The largest absolute Gasteiger partial charge is 0.299 e. The Morgan fingerprint density at radius 2 is 2.11 bits per heavy atom. The van der Waals surface area contributed by atoms with Crippen LogP contribution in [0.3, 0.4) is 0 Å². The molecule has 4 unspecified atom stereocenters. The van der Waals surface area contributed by atoms with Gasteiger partial charge in [-0.2, -0.15) is 0 Å². The third-order valence-electron chi connectivity index (χ3n) is 5.07. The topological polar surface area (TPSA) is 17.1 Å². The predicted molar refractivity (Wildman–Crippen MR) is 78.9 cm³/mol. The first-order chi connectivity index (χ1) is 8.21. The van der Waals surface area contributed by atoms with Crippen molar-refractivity contribution in [2.45, 2.75) is 59.3 Å². The fraction of sp³-hybridized carbons (Fsp3) is 0.812. The van der Waals surface area contributed by atoms with Crippen LogP contribution in [-0.2, 0) is 4.79 Å².